The highest BCUT2D eigenvalue weighted by atomic mass is 35.5. The summed E-state index contributed by atoms with van der Waals surface area (Å²) in [6.45, 7) is 2.98. The van der Waals surface area contributed by atoms with Gasteiger partial charge in [-0.2, -0.15) is 13.2 Å². The maximum atomic E-state index is 14.9. The van der Waals surface area contributed by atoms with Gasteiger partial charge in [0, 0.05) is 28.4 Å². The van der Waals surface area contributed by atoms with Crippen molar-refractivity contribution >= 4 is 23.5 Å². The third-order valence-electron chi connectivity index (χ3n) is 9.86. The van der Waals surface area contributed by atoms with Gasteiger partial charge >= 0.3 is 12.1 Å². The average Bonchev–Trinajstić information content (AvgIpc) is 3.28. The Hall–Kier alpha value is -2.61. The number of hydrogen-bond acceptors (Lipinski definition) is 2. The number of rotatable bonds is 5. The summed E-state index contributed by atoms with van der Waals surface area (Å²) in [6, 6.07) is 11.5. The van der Waals surface area contributed by atoms with Gasteiger partial charge in [-0.1, -0.05) is 48.9 Å². The number of alkyl halides is 4. The van der Waals surface area contributed by atoms with E-state index < -0.39 is 40.1 Å². The summed E-state index contributed by atoms with van der Waals surface area (Å²) in [4.78, 5) is 27.5. The summed E-state index contributed by atoms with van der Waals surface area (Å²) in [5.74, 6) is -1.24. The van der Waals surface area contributed by atoms with Crippen molar-refractivity contribution in [1.82, 2.24) is 4.90 Å². The third-order valence-corrected chi connectivity index (χ3v) is 10.1. The largest absolute Gasteiger partial charge is 0.481 e. The highest BCUT2D eigenvalue weighted by Crippen LogP contribution is 2.52. The summed E-state index contributed by atoms with van der Waals surface area (Å²) < 4.78 is 55.5. The van der Waals surface area contributed by atoms with Crippen LogP contribution in [0.3, 0.4) is 0 Å². The number of amides is 1. The van der Waals surface area contributed by atoms with Crippen molar-refractivity contribution < 1.29 is 32.3 Å². The first kappa shape index (κ1) is 28.9. The summed E-state index contributed by atoms with van der Waals surface area (Å²) in [5, 5.41) is 10.0. The molecule has 1 saturated heterocycles. The molecule has 0 spiro atoms. The quantitative estimate of drug-likeness (QED) is 0.376. The summed E-state index contributed by atoms with van der Waals surface area (Å²) in [5.41, 5.74) is -2.52. The smallest absolute Gasteiger partial charge is 0.426 e. The molecule has 9 heteroatoms. The predicted octanol–water partition coefficient (Wildman–Crippen LogP) is 7.40. The van der Waals surface area contributed by atoms with Crippen LogP contribution in [0.4, 0.5) is 17.6 Å². The minimum absolute atomic E-state index is 0.0211. The van der Waals surface area contributed by atoms with Crippen molar-refractivity contribution in [1.29, 1.82) is 0 Å². The average molecular weight is 580 g/mol. The topological polar surface area (TPSA) is 57.6 Å². The number of aryl methyl sites for hydroxylation is 1. The Morgan fingerprint density at radius 1 is 1.02 bits per heavy atom. The fourth-order valence-corrected chi connectivity index (χ4v) is 7.42. The maximum absolute atomic E-state index is 14.9. The van der Waals surface area contributed by atoms with Crippen molar-refractivity contribution in [3.63, 3.8) is 0 Å². The first-order valence-corrected chi connectivity index (χ1v) is 14.2. The SMILES string of the molecule is CC(F)(c1ccc2c(c1)CCC1N(C(=O)[C@]3(C)CC[C@@H](C(=O)O)CC3)CCC21Cc1ccc(Cl)cc1)C(F)(F)F. The number of halogens is 5. The Bertz CT molecular complexity index is 1300. The van der Waals surface area contributed by atoms with Crippen LogP contribution < -0.4 is 0 Å². The first-order valence-electron chi connectivity index (χ1n) is 13.9. The molecular formula is C31H34ClF4NO3. The Labute approximate surface area is 236 Å². The fourth-order valence-electron chi connectivity index (χ4n) is 7.29. The molecule has 4 nitrogen and oxygen atoms in total. The fraction of sp³-hybridized carbons (Fsp3) is 0.548. The molecular weight excluding hydrogens is 546 g/mol. The van der Waals surface area contributed by atoms with Gasteiger partial charge in [0.05, 0.1) is 5.92 Å². The molecule has 1 heterocycles. The molecule has 1 aliphatic heterocycles. The molecule has 2 aromatic rings. The Morgan fingerprint density at radius 3 is 2.27 bits per heavy atom. The van der Waals surface area contributed by atoms with E-state index in [0.29, 0.717) is 75.4 Å². The van der Waals surface area contributed by atoms with Gasteiger partial charge in [-0.05, 0) is 92.7 Å². The van der Waals surface area contributed by atoms with Crippen molar-refractivity contribution in [2.45, 2.75) is 88.5 Å². The van der Waals surface area contributed by atoms with Crippen LogP contribution >= 0.6 is 11.6 Å². The molecule has 0 aromatic heterocycles. The van der Waals surface area contributed by atoms with Gasteiger partial charge in [0.15, 0.2) is 0 Å². The van der Waals surface area contributed by atoms with E-state index in [1.807, 2.05) is 24.0 Å². The second-order valence-corrected chi connectivity index (χ2v) is 12.7. The number of carboxylic acids is 1. The third kappa shape index (κ3) is 4.80. The lowest BCUT2D eigenvalue weighted by Gasteiger charge is -2.46. The van der Waals surface area contributed by atoms with Gasteiger partial charge in [0.2, 0.25) is 11.6 Å². The molecule has 1 saturated carbocycles. The van der Waals surface area contributed by atoms with Crippen LogP contribution in [0.25, 0.3) is 0 Å². The summed E-state index contributed by atoms with van der Waals surface area (Å²) >= 11 is 6.12. The summed E-state index contributed by atoms with van der Waals surface area (Å²) in [6.07, 6.45) is -0.939. The number of hydrogen-bond donors (Lipinski definition) is 1. The van der Waals surface area contributed by atoms with Crippen LogP contribution in [-0.4, -0.2) is 40.6 Å². The van der Waals surface area contributed by atoms with Crippen LogP contribution in [0.5, 0.6) is 0 Å². The number of aliphatic carboxylic acids is 1. The highest BCUT2D eigenvalue weighted by Gasteiger charge is 2.57. The lowest BCUT2D eigenvalue weighted by atomic mass is 9.63. The number of fused-ring (bicyclic) bond motifs is 3. The van der Waals surface area contributed by atoms with Crippen molar-refractivity contribution in [2.75, 3.05) is 6.54 Å². The van der Waals surface area contributed by atoms with E-state index in [1.165, 1.54) is 12.1 Å². The van der Waals surface area contributed by atoms with E-state index in [2.05, 4.69) is 0 Å². The van der Waals surface area contributed by atoms with Gasteiger partial charge in [0.1, 0.15) is 0 Å². The molecule has 0 bridgehead atoms. The number of carbonyl (C=O) groups is 2. The number of carbonyl (C=O) groups excluding carboxylic acids is 1. The molecule has 2 aliphatic carbocycles. The molecule has 1 N–H and O–H groups in total. The van der Waals surface area contributed by atoms with Gasteiger partial charge < -0.3 is 10.0 Å². The number of nitrogens with zero attached hydrogens (tertiary/aromatic N) is 1. The van der Waals surface area contributed by atoms with E-state index in [4.69, 9.17) is 11.6 Å². The van der Waals surface area contributed by atoms with Crippen LogP contribution in [0.2, 0.25) is 5.02 Å². The normalized spacial score (nSPS) is 29.8. The minimum atomic E-state index is -5.04. The Balaban J connectivity index is 1.52. The lowest BCUT2D eigenvalue weighted by molar-refractivity contribution is -0.228. The van der Waals surface area contributed by atoms with Crippen LogP contribution in [0.1, 0.15) is 74.6 Å². The molecule has 40 heavy (non-hydrogen) atoms. The van der Waals surface area contributed by atoms with Gasteiger partial charge in [0.25, 0.3) is 0 Å². The second-order valence-electron chi connectivity index (χ2n) is 12.3. The minimum Gasteiger partial charge on any atom is -0.481 e. The lowest BCUT2D eigenvalue weighted by Crippen LogP contribution is -2.53. The van der Waals surface area contributed by atoms with Crippen molar-refractivity contribution in [3.05, 3.63) is 69.7 Å². The van der Waals surface area contributed by atoms with Gasteiger partial charge in [-0.25, -0.2) is 4.39 Å². The van der Waals surface area contributed by atoms with Gasteiger partial charge in [-0.15, -0.1) is 0 Å². The van der Waals surface area contributed by atoms with E-state index >= 15 is 0 Å². The van der Waals surface area contributed by atoms with Crippen molar-refractivity contribution in [3.8, 4) is 0 Å². The first-order chi connectivity index (χ1) is 18.7. The zero-order chi connectivity index (χ0) is 29.1. The molecule has 3 aliphatic rings. The highest BCUT2D eigenvalue weighted by molar-refractivity contribution is 6.30. The van der Waals surface area contributed by atoms with Crippen molar-refractivity contribution in [2.24, 2.45) is 11.3 Å². The molecule has 5 rings (SSSR count). The monoisotopic (exact) mass is 579 g/mol. The summed E-state index contributed by atoms with van der Waals surface area (Å²) in [7, 11) is 0. The standard InChI is InChI=1S/C31H34ClF4NO3/c1-28(13-11-20(12-14-28)26(38)39)27(40)37-16-15-30(18-19-3-7-23(32)8-4-19)24-9-6-22(29(2,33)31(34,35)36)17-21(24)5-10-25(30)37/h3-4,6-9,17,20,25H,5,10-16,18H2,1-2H3,(H,38,39)/t20-,25?,28-,29?,30?. The van der Waals surface area contributed by atoms with E-state index in [1.54, 1.807) is 18.2 Å². The van der Waals surface area contributed by atoms with E-state index in [0.717, 1.165) is 11.1 Å². The van der Waals surface area contributed by atoms with E-state index in [9.17, 15) is 32.3 Å². The number of benzene rings is 2. The molecule has 216 valence electrons. The molecule has 0 radical (unpaired) electrons. The molecule has 3 atom stereocenters. The van der Waals surface area contributed by atoms with Gasteiger partial charge in [-0.3, -0.25) is 9.59 Å². The second kappa shape index (κ2) is 10.0. The van der Waals surface area contributed by atoms with Crippen LogP contribution in [0, 0.1) is 11.3 Å². The number of likely N-dealkylation sites (tertiary alicyclic amines) is 1. The van der Waals surface area contributed by atoms with Crippen LogP contribution in [-0.2, 0) is 33.5 Å². The zero-order valence-corrected chi connectivity index (χ0v) is 23.4. The molecule has 1 amide bonds. The number of carboxylic acid groups (broad SMARTS) is 1. The Kier molecular flexibility index (Phi) is 7.25. The maximum Gasteiger partial charge on any atom is 0.426 e. The molecule has 2 aromatic carbocycles. The molecule has 3 unspecified atom stereocenters. The zero-order valence-electron chi connectivity index (χ0n) is 22.7. The van der Waals surface area contributed by atoms with E-state index in [-0.39, 0.29) is 11.9 Å². The van der Waals surface area contributed by atoms with Crippen LogP contribution in [0.15, 0.2) is 42.5 Å². The Morgan fingerprint density at radius 2 is 1.68 bits per heavy atom. The molecule has 2 fully saturated rings. The predicted molar refractivity (Wildman–Crippen MR) is 144 cm³/mol.